The molecule has 0 aliphatic carbocycles. The summed E-state index contributed by atoms with van der Waals surface area (Å²) in [6.45, 7) is 3.78. The Bertz CT molecular complexity index is 1010. The van der Waals surface area contributed by atoms with Crippen LogP contribution in [0.2, 0.25) is 5.02 Å². The van der Waals surface area contributed by atoms with Crippen LogP contribution in [-0.4, -0.2) is 32.0 Å². The molecule has 29 heavy (non-hydrogen) atoms. The van der Waals surface area contributed by atoms with E-state index in [1.54, 1.807) is 12.1 Å². The lowest BCUT2D eigenvalue weighted by molar-refractivity contribution is -0.120. The van der Waals surface area contributed by atoms with E-state index in [4.69, 9.17) is 17.3 Å². The second-order valence-corrected chi connectivity index (χ2v) is 8.17. The number of hydrogen-bond acceptors (Lipinski definition) is 5. The number of nitrogens with one attached hydrogen (secondary N) is 1. The maximum atomic E-state index is 12.5. The van der Waals surface area contributed by atoms with Crippen molar-refractivity contribution in [3.05, 3.63) is 59.6 Å². The predicted molar refractivity (Wildman–Crippen MR) is 114 cm³/mol. The maximum Gasteiger partial charge on any atom is 0.318 e. The molecule has 3 amide bonds. The summed E-state index contributed by atoms with van der Waals surface area (Å²) in [6.07, 6.45) is 0. The van der Waals surface area contributed by atoms with Gasteiger partial charge in [-0.05, 0) is 42.3 Å². The van der Waals surface area contributed by atoms with Crippen molar-refractivity contribution in [2.24, 2.45) is 11.7 Å². The van der Waals surface area contributed by atoms with Gasteiger partial charge in [0.1, 0.15) is 0 Å². The Morgan fingerprint density at radius 1 is 1.07 bits per heavy atom. The summed E-state index contributed by atoms with van der Waals surface area (Å²) in [5.74, 6) is 0.0839. The molecule has 3 rings (SSSR count). The first-order valence-corrected chi connectivity index (χ1v) is 10.2. The fourth-order valence-corrected chi connectivity index (χ4v) is 3.92. The average Bonchev–Trinajstić information content (AvgIpc) is 3.10. The molecule has 0 saturated heterocycles. The van der Waals surface area contributed by atoms with E-state index in [2.05, 4.69) is 15.5 Å². The first-order valence-electron chi connectivity index (χ1n) is 8.90. The third kappa shape index (κ3) is 4.96. The summed E-state index contributed by atoms with van der Waals surface area (Å²) in [6, 6.07) is 16.0. The van der Waals surface area contributed by atoms with Gasteiger partial charge in [0.05, 0.1) is 5.25 Å². The monoisotopic (exact) mass is 429 g/mol. The third-order valence-corrected chi connectivity index (χ3v) is 5.83. The molecule has 1 unspecified atom stereocenters. The highest BCUT2D eigenvalue weighted by molar-refractivity contribution is 8.00. The van der Waals surface area contributed by atoms with E-state index in [1.807, 2.05) is 60.9 Å². The minimum Gasteiger partial charge on any atom is -0.351 e. The largest absolute Gasteiger partial charge is 0.351 e. The first kappa shape index (κ1) is 20.9. The molecule has 150 valence electrons. The molecular formula is C20H20ClN5O2S. The highest BCUT2D eigenvalue weighted by Gasteiger charge is 2.28. The molecule has 3 N–H and O–H groups in total. The predicted octanol–water partition coefficient (Wildman–Crippen LogP) is 3.90. The van der Waals surface area contributed by atoms with Gasteiger partial charge >= 0.3 is 6.03 Å². The topological polar surface area (TPSA) is 103 Å². The lowest BCUT2D eigenvalue weighted by Crippen LogP contribution is -2.42. The highest BCUT2D eigenvalue weighted by atomic mass is 35.5. The van der Waals surface area contributed by atoms with Crippen LogP contribution in [0.3, 0.4) is 0 Å². The molecule has 2 aromatic carbocycles. The van der Waals surface area contributed by atoms with E-state index in [0.717, 1.165) is 11.3 Å². The molecular weight excluding hydrogens is 410 g/mol. The standard InChI is InChI=1S/C20H20ClN5O2S/c1-12(2)16(18(27)23-19(22)28)29-20-25-24-17(13-8-10-14(21)11-9-13)26(20)15-6-4-3-5-7-15/h3-12,16H,1-2H3,(H3,22,23,27,28). The van der Waals surface area contributed by atoms with Crippen LogP contribution in [0.5, 0.6) is 0 Å². The highest BCUT2D eigenvalue weighted by Crippen LogP contribution is 2.33. The van der Waals surface area contributed by atoms with E-state index in [1.165, 1.54) is 11.8 Å². The molecule has 0 aliphatic rings. The van der Waals surface area contributed by atoms with Crippen LogP contribution in [0.25, 0.3) is 17.1 Å². The molecule has 1 aromatic heterocycles. The minimum absolute atomic E-state index is 0.0701. The number of halogens is 1. The molecule has 9 heteroatoms. The lowest BCUT2D eigenvalue weighted by Gasteiger charge is -2.19. The van der Waals surface area contributed by atoms with Gasteiger partial charge in [-0.1, -0.05) is 55.4 Å². The summed E-state index contributed by atoms with van der Waals surface area (Å²) in [5, 5.41) is 11.4. The number of urea groups is 1. The van der Waals surface area contributed by atoms with E-state index in [-0.39, 0.29) is 5.92 Å². The molecule has 0 saturated carbocycles. The van der Waals surface area contributed by atoms with Crippen molar-refractivity contribution in [1.82, 2.24) is 20.1 Å². The van der Waals surface area contributed by atoms with Gasteiger partial charge in [0, 0.05) is 16.3 Å². The summed E-state index contributed by atoms with van der Waals surface area (Å²) < 4.78 is 1.88. The Labute approximate surface area is 177 Å². The van der Waals surface area contributed by atoms with Crippen molar-refractivity contribution in [3.63, 3.8) is 0 Å². The van der Waals surface area contributed by atoms with E-state index < -0.39 is 17.2 Å². The summed E-state index contributed by atoms with van der Waals surface area (Å²) >= 11 is 7.24. The number of para-hydroxylation sites is 1. The van der Waals surface area contributed by atoms with Crippen LogP contribution in [0.4, 0.5) is 4.79 Å². The van der Waals surface area contributed by atoms with E-state index in [9.17, 15) is 9.59 Å². The Balaban J connectivity index is 2.05. The normalized spacial score (nSPS) is 12.0. The zero-order valence-corrected chi connectivity index (χ0v) is 17.4. The lowest BCUT2D eigenvalue weighted by atomic mass is 10.1. The SMILES string of the molecule is CC(C)C(Sc1nnc(-c2ccc(Cl)cc2)n1-c1ccccc1)C(=O)NC(N)=O. The summed E-state index contributed by atoms with van der Waals surface area (Å²) in [5.41, 5.74) is 6.80. The summed E-state index contributed by atoms with van der Waals surface area (Å²) in [4.78, 5) is 23.6. The number of amides is 3. The number of nitrogens with zero attached hydrogens (tertiary/aromatic N) is 3. The number of benzene rings is 2. The number of thioether (sulfide) groups is 1. The van der Waals surface area contributed by atoms with Crippen LogP contribution >= 0.6 is 23.4 Å². The van der Waals surface area contributed by atoms with Crippen molar-refractivity contribution >= 4 is 35.3 Å². The second kappa shape index (κ2) is 9.11. The molecule has 1 heterocycles. The maximum absolute atomic E-state index is 12.5. The molecule has 0 fully saturated rings. The number of imide groups is 1. The average molecular weight is 430 g/mol. The number of rotatable bonds is 6. The molecule has 3 aromatic rings. The van der Waals surface area contributed by atoms with E-state index >= 15 is 0 Å². The molecule has 1 atom stereocenters. The zero-order valence-electron chi connectivity index (χ0n) is 15.9. The number of primary amides is 1. The van der Waals surface area contributed by atoms with Gasteiger partial charge in [0.15, 0.2) is 11.0 Å². The van der Waals surface area contributed by atoms with Gasteiger partial charge in [-0.3, -0.25) is 14.7 Å². The van der Waals surface area contributed by atoms with Crippen molar-refractivity contribution in [2.45, 2.75) is 24.3 Å². The van der Waals surface area contributed by atoms with Gasteiger partial charge in [-0.25, -0.2) is 4.79 Å². The van der Waals surface area contributed by atoms with Crippen molar-refractivity contribution < 1.29 is 9.59 Å². The number of aromatic nitrogens is 3. The van der Waals surface area contributed by atoms with Crippen LogP contribution in [0.1, 0.15) is 13.8 Å². The molecule has 7 nitrogen and oxygen atoms in total. The van der Waals surface area contributed by atoms with Crippen LogP contribution in [0, 0.1) is 5.92 Å². The quantitative estimate of drug-likeness (QED) is 0.578. The Morgan fingerprint density at radius 2 is 1.72 bits per heavy atom. The van der Waals surface area contributed by atoms with Gasteiger partial charge in [0.2, 0.25) is 5.91 Å². The molecule has 0 bridgehead atoms. The summed E-state index contributed by atoms with van der Waals surface area (Å²) in [7, 11) is 0. The minimum atomic E-state index is -0.882. The Morgan fingerprint density at radius 3 is 2.31 bits per heavy atom. The van der Waals surface area contributed by atoms with Crippen LogP contribution in [-0.2, 0) is 4.79 Å². The fourth-order valence-electron chi connectivity index (χ4n) is 2.74. The van der Waals surface area contributed by atoms with Crippen molar-refractivity contribution in [2.75, 3.05) is 0 Å². The first-order chi connectivity index (χ1) is 13.9. The number of hydrogen-bond donors (Lipinski definition) is 2. The van der Waals surface area contributed by atoms with Crippen molar-refractivity contribution in [1.29, 1.82) is 0 Å². The fraction of sp³-hybridized carbons (Fsp3) is 0.200. The number of nitrogens with two attached hydrogens (primary N) is 1. The molecule has 0 spiro atoms. The Kier molecular flexibility index (Phi) is 6.56. The van der Waals surface area contributed by atoms with Gasteiger partial charge in [-0.15, -0.1) is 10.2 Å². The van der Waals surface area contributed by atoms with Gasteiger partial charge < -0.3 is 5.73 Å². The van der Waals surface area contributed by atoms with E-state index in [0.29, 0.717) is 16.0 Å². The Hall–Kier alpha value is -2.84. The van der Waals surface area contributed by atoms with Crippen LogP contribution in [0.15, 0.2) is 59.8 Å². The number of carbonyl (C=O) groups is 2. The second-order valence-electron chi connectivity index (χ2n) is 6.62. The van der Waals surface area contributed by atoms with Crippen LogP contribution < -0.4 is 11.1 Å². The smallest absolute Gasteiger partial charge is 0.318 e. The van der Waals surface area contributed by atoms with Crippen molar-refractivity contribution in [3.8, 4) is 17.1 Å². The third-order valence-electron chi connectivity index (χ3n) is 4.09. The van der Waals surface area contributed by atoms with Gasteiger partial charge in [-0.2, -0.15) is 0 Å². The number of carbonyl (C=O) groups excluding carboxylic acids is 2. The molecule has 0 radical (unpaired) electrons. The van der Waals surface area contributed by atoms with Gasteiger partial charge in [0.25, 0.3) is 0 Å². The zero-order chi connectivity index (χ0) is 21.0. The molecule has 0 aliphatic heterocycles.